The van der Waals surface area contributed by atoms with E-state index in [0.717, 1.165) is 0 Å². The Morgan fingerprint density at radius 2 is 2.29 bits per heavy atom. The van der Waals surface area contributed by atoms with Crippen LogP contribution in [0.15, 0.2) is 12.1 Å². The zero-order chi connectivity index (χ0) is 10.7. The van der Waals surface area contributed by atoms with E-state index in [0.29, 0.717) is 5.82 Å². The van der Waals surface area contributed by atoms with E-state index in [1.807, 2.05) is 0 Å². The molecule has 0 radical (unpaired) electrons. The predicted octanol–water partition coefficient (Wildman–Crippen LogP) is 1.11. The highest BCUT2D eigenvalue weighted by molar-refractivity contribution is 5.83. The highest BCUT2D eigenvalue weighted by Gasteiger charge is 2.16. The van der Waals surface area contributed by atoms with Gasteiger partial charge in [0.05, 0.1) is 14.2 Å². The van der Waals surface area contributed by atoms with Crippen molar-refractivity contribution in [3.63, 3.8) is 0 Å². The van der Waals surface area contributed by atoms with E-state index >= 15 is 0 Å². The van der Waals surface area contributed by atoms with Gasteiger partial charge in [0.1, 0.15) is 0 Å². The molecule has 0 aromatic carbocycles. The number of nitrogens with zero attached hydrogens (tertiary/aromatic N) is 2. The first-order valence-electron chi connectivity index (χ1n) is 3.71. The van der Waals surface area contributed by atoms with Crippen LogP contribution in [0.4, 0.5) is 16.4 Å². The van der Waals surface area contributed by atoms with Crippen LogP contribution in [0.2, 0.25) is 0 Å². The summed E-state index contributed by atoms with van der Waals surface area (Å²) in [5, 5.41) is 12.8. The number of aromatic nitrogens is 1. The second-order valence-electron chi connectivity index (χ2n) is 2.51. The number of hydrogen-bond donors (Lipinski definition) is 1. The van der Waals surface area contributed by atoms with Crippen molar-refractivity contribution < 1.29 is 14.5 Å². The van der Waals surface area contributed by atoms with E-state index in [4.69, 9.17) is 0 Å². The molecule has 0 spiro atoms. The van der Waals surface area contributed by atoms with Crippen LogP contribution < -0.4 is 5.32 Å². The van der Waals surface area contributed by atoms with Gasteiger partial charge >= 0.3 is 11.9 Å². The first-order valence-corrected chi connectivity index (χ1v) is 3.71. The smallest absolute Gasteiger partial charge is 0.414 e. The lowest BCUT2D eigenvalue weighted by molar-refractivity contribution is -0.391. The van der Waals surface area contributed by atoms with Gasteiger partial charge in [0.25, 0.3) is 0 Å². The average molecular weight is 199 g/mol. The van der Waals surface area contributed by atoms with Crippen LogP contribution in [0.1, 0.15) is 0 Å². The van der Waals surface area contributed by atoms with Crippen molar-refractivity contribution in [3.8, 4) is 0 Å². The maximum atomic E-state index is 10.8. The molecule has 1 aromatic rings. The number of amides is 1. The molecule has 0 saturated heterocycles. The Morgan fingerprint density at radius 1 is 1.64 bits per heavy atom. The van der Waals surface area contributed by atoms with Gasteiger partial charge in [-0.2, -0.15) is 0 Å². The minimum atomic E-state index is -0.666. The molecule has 1 aromatic heterocycles. The normalized spacial score (nSPS) is 9.57. The van der Waals surface area contributed by atoms with Gasteiger partial charge in [0.15, 0.2) is 0 Å². The van der Waals surface area contributed by atoms with Crippen molar-refractivity contribution in [1.82, 2.24) is 4.57 Å². The molecule has 7 heteroatoms. The fourth-order valence-electron chi connectivity index (χ4n) is 0.965. The number of ether oxygens (including phenoxy) is 1. The van der Waals surface area contributed by atoms with Crippen LogP contribution in [-0.2, 0) is 11.8 Å². The van der Waals surface area contributed by atoms with E-state index in [1.54, 1.807) is 0 Å². The lowest BCUT2D eigenvalue weighted by Crippen LogP contribution is -2.13. The van der Waals surface area contributed by atoms with Crippen LogP contribution in [0, 0.1) is 10.1 Å². The molecule has 14 heavy (non-hydrogen) atoms. The molecule has 0 aliphatic rings. The van der Waals surface area contributed by atoms with Gasteiger partial charge < -0.3 is 14.9 Å². The molecule has 0 unspecified atom stereocenters. The van der Waals surface area contributed by atoms with Gasteiger partial charge in [-0.25, -0.2) is 9.36 Å². The number of nitro groups is 1. The Hall–Kier alpha value is -2.05. The van der Waals surface area contributed by atoms with Gasteiger partial charge in [-0.3, -0.25) is 5.32 Å². The Balaban J connectivity index is 2.90. The van der Waals surface area contributed by atoms with E-state index in [2.05, 4.69) is 10.1 Å². The summed E-state index contributed by atoms with van der Waals surface area (Å²) in [6.45, 7) is 0. The lowest BCUT2D eigenvalue weighted by Gasteiger charge is -2.01. The van der Waals surface area contributed by atoms with Crippen molar-refractivity contribution in [2.45, 2.75) is 0 Å². The topological polar surface area (TPSA) is 86.4 Å². The maximum Gasteiger partial charge on any atom is 0.414 e. The number of carbonyl (C=O) groups excluding carboxylic acids is 1. The number of nitrogens with one attached hydrogen (secondary N) is 1. The molecule has 76 valence electrons. The molecule has 0 aliphatic carbocycles. The highest BCUT2D eigenvalue weighted by atomic mass is 16.6. The number of hydrogen-bond acceptors (Lipinski definition) is 4. The Labute approximate surface area is 79.4 Å². The van der Waals surface area contributed by atoms with Crippen LogP contribution in [0.25, 0.3) is 0 Å². The Morgan fingerprint density at radius 3 is 2.71 bits per heavy atom. The highest BCUT2D eigenvalue weighted by Crippen LogP contribution is 2.18. The molecule has 0 fully saturated rings. The van der Waals surface area contributed by atoms with Crippen molar-refractivity contribution in [2.24, 2.45) is 7.05 Å². The third kappa shape index (κ3) is 1.82. The summed E-state index contributed by atoms with van der Waals surface area (Å²) in [7, 11) is 2.69. The second kappa shape index (κ2) is 3.77. The summed E-state index contributed by atoms with van der Waals surface area (Å²) in [5.74, 6) is 0.208. The standard InChI is InChI=1S/C7H9N3O4/c1-9-5(8-7(11)14-2)3-4-6(9)10(12)13/h3-4H,1-2H3,(H,8,11). The van der Waals surface area contributed by atoms with Crippen LogP contribution in [-0.4, -0.2) is 22.7 Å². The van der Waals surface area contributed by atoms with Crippen molar-refractivity contribution in [3.05, 3.63) is 22.2 Å². The number of rotatable bonds is 2. The number of anilines is 1. The second-order valence-corrected chi connectivity index (χ2v) is 2.51. The van der Waals surface area contributed by atoms with Crippen molar-refractivity contribution >= 4 is 17.7 Å². The van der Waals surface area contributed by atoms with Crippen LogP contribution >= 0.6 is 0 Å². The van der Waals surface area contributed by atoms with Gasteiger partial charge in [0, 0.05) is 12.1 Å². The van der Waals surface area contributed by atoms with E-state index in [1.165, 1.54) is 30.9 Å². The molecule has 0 aliphatic heterocycles. The Bertz CT molecular complexity index is 371. The van der Waals surface area contributed by atoms with Crippen molar-refractivity contribution in [1.29, 1.82) is 0 Å². The lowest BCUT2D eigenvalue weighted by atomic mass is 10.6. The SMILES string of the molecule is COC(=O)Nc1ccc([N+](=O)[O-])n1C. The molecule has 1 amide bonds. The van der Waals surface area contributed by atoms with E-state index in [9.17, 15) is 14.9 Å². The molecule has 1 heterocycles. The van der Waals surface area contributed by atoms with Crippen LogP contribution in [0.3, 0.4) is 0 Å². The van der Waals surface area contributed by atoms with Crippen LogP contribution in [0.5, 0.6) is 0 Å². The number of carbonyl (C=O) groups is 1. The maximum absolute atomic E-state index is 10.8. The third-order valence-corrected chi connectivity index (χ3v) is 1.70. The summed E-state index contributed by atoms with van der Waals surface area (Å²) < 4.78 is 5.59. The van der Waals surface area contributed by atoms with Gasteiger partial charge in [0.2, 0.25) is 5.82 Å². The first-order chi connectivity index (χ1) is 6.56. The molecular weight excluding hydrogens is 190 g/mol. The summed E-state index contributed by atoms with van der Waals surface area (Å²) in [6.07, 6.45) is -0.666. The Kier molecular flexibility index (Phi) is 2.70. The van der Waals surface area contributed by atoms with Gasteiger partial charge in [-0.1, -0.05) is 0 Å². The zero-order valence-electron chi connectivity index (χ0n) is 7.68. The fourth-order valence-corrected chi connectivity index (χ4v) is 0.965. The third-order valence-electron chi connectivity index (χ3n) is 1.70. The van der Waals surface area contributed by atoms with Gasteiger partial charge in [-0.05, 0) is 4.92 Å². The summed E-state index contributed by atoms with van der Waals surface area (Å²) in [4.78, 5) is 20.7. The average Bonchev–Trinajstić information content (AvgIpc) is 2.48. The van der Waals surface area contributed by atoms with E-state index < -0.39 is 11.0 Å². The molecule has 7 nitrogen and oxygen atoms in total. The summed E-state index contributed by atoms with van der Waals surface area (Å²) in [6, 6.07) is 2.72. The molecule has 0 saturated carbocycles. The monoisotopic (exact) mass is 199 g/mol. The first kappa shape index (κ1) is 10.0. The summed E-state index contributed by atoms with van der Waals surface area (Å²) in [5.41, 5.74) is 0. The molecule has 0 bridgehead atoms. The summed E-state index contributed by atoms with van der Waals surface area (Å²) >= 11 is 0. The zero-order valence-corrected chi connectivity index (χ0v) is 7.68. The largest absolute Gasteiger partial charge is 0.453 e. The minimum Gasteiger partial charge on any atom is -0.453 e. The molecule has 1 rings (SSSR count). The van der Waals surface area contributed by atoms with E-state index in [-0.39, 0.29) is 5.82 Å². The van der Waals surface area contributed by atoms with Crippen molar-refractivity contribution in [2.75, 3.05) is 12.4 Å². The minimum absolute atomic E-state index is 0.101. The molecular formula is C7H9N3O4. The van der Waals surface area contributed by atoms with Gasteiger partial charge in [-0.15, -0.1) is 0 Å². The molecule has 0 atom stereocenters. The number of methoxy groups -OCH3 is 1. The molecule has 1 N–H and O–H groups in total. The fraction of sp³-hybridized carbons (Fsp3) is 0.286. The predicted molar refractivity (Wildman–Crippen MR) is 48.1 cm³/mol. The quantitative estimate of drug-likeness (QED) is 0.571.